The zero-order valence-electron chi connectivity index (χ0n) is 12.9. The van der Waals surface area contributed by atoms with Crippen molar-refractivity contribution in [2.24, 2.45) is 5.41 Å². The Morgan fingerprint density at radius 1 is 1.55 bits per heavy atom. The Kier molecular flexibility index (Phi) is 4.31. The first-order valence-corrected chi connectivity index (χ1v) is 7.78. The van der Waals surface area contributed by atoms with Gasteiger partial charge in [0.05, 0.1) is 12.8 Å². The second-order valence-electron chi connectivity index (χ2n) is 6.44. The zero-order chi connectivity index (χ0) is 15.6. The number of carboxylic acids is 1. The van der Waals surface area contributed by atoms with Gasteiger partial charge in [-0.3, -0.25) is 14.7 Å². The van der Waals surface area contributed by atoms with E-state index in [0.29, 0.717) is 0 Å². The van der Waals surface area contributed by atoms with Gasteiger partial charge in [-0.1, -0.05) is 0 Å². The molecule has 120 valence electrons. The van der Waals surface area contributed by atoms with Crippen LogP contribution in [0.1, 0.15) is 25.0 Å². The topological polar surface area (TPSA) is 74.7 Å². The third-order valence-corrected chi connectivity index (χ3v) is 4.98. The van der Waals surface area contributed by atoms with Crippen molar-refractivity contribution < 1.29 is 14.6 Å². The predicted octanol–water partition coefficient (Wildman–Crippen LogP) is 1.12. The van der Waals surface area contributed by atoms with E-state index < -0.39 is 5.97 Å². The molecule has 1 unspecified atom stereocenters. The normalized spacial score (nSPS) is 24.5. The Balaban J connectivity index is 1.55. The van der Waals surface area contributed by atoms with Crippen LogP contribution in [-0.4, -0.2) is 53.7 Å². The third kappa shape index (κ3) is 3.23. The van der Waals surface area contributed by atoms with Gasteiger partial charge in [0.25, 0.3) is 0 Å². The van der Waals surface area contributed by atoms with Crippen LogP contribution in [0.3, 0.4) is 0 Å². The van der Waals surface area contributed by atoms with E-state index in [9.17, 15) is 4.79 Å². The number of nitrogens with zero attached hydrogens (tertiary/aromatic N) is 2. The van der Waals surface area contributed by atoms with Crippen LogP contribution in [0.5, 0.6) is 5.75 Å². The fourth-order valence-corrected chi connectivity index (χ4v) is 3.56. The highest BCUT2D eigenvalue weighted by atomic mass is 16.5. The van der Waals surface area contributed by atoms with Gasteiger partial charge in [0, 0.05) is 25.4 Å². The van der Waals surface area contributed by atoms with Crippen molar-refractivity contribution >= 4 is 5.97 Å². The minimum Gasteiger partial charge on any atom is -0.497 e. The number of hydrogen-bond donors (Lipinski definition) is 2. The van der Waals surface area contributed by atoms with Crippen molar-refractivity contribution in [1.29, 1.82) is 0 Å². The van der Waals surface area contributed by atoms with E-state index in [-0.39, 0.29) is 11.5 Å². The van der Waals surface area contributed by atoms with Gasteiger partial charge in [0.1, 0.15) is 11.8 Å². The summed E-state index contributed by atoms with van der Waals surface area (Å²) >= 11 is 0. The first-order valence-electron chi connectivity index (χ1n) is 7.78. The number of hydrogen-bond acceptors (Lipinski definition) is 5. The standard InChI is InChI=1S/C16H23N3O3/c1-22-13-2-5-17-12(8-13)10-19-6-3-16(4-7-19)9-14(15(20)21)18-11-16/h2,5,8,14,18H,3-4,6-7,9-11H2,1H3,(H,20,21). The fraction of sp³-hybridized carbons (Fsp3) is 0.625. The molecule has 2 aliphatic rings. The number of carboxylic acid groups (broad SMARTS) is 1. The van der Waals surface area contributed by atoms with Crippen molar-refractivity contribution in [3.05, 3.63) is 24.0 Å². The monoisotopic (exact) mass is 305 g/mol. The average molecular weight is 305 g/mol. The Bertz CT molecular complexity index is 541. The molecule has 3 heterocycles. The number of nitrogens with one attached hydrogen (secondary N) is 1. The summed E-state index contributed by atoms with van der Waals surface area (Å²) in [4.78, 5) is 17.9. The zero-order valence-corrected chi connectivity index (χ0v) is 12.9. The maximum Gasteiger partial charge on any atom is 0.320 e. The molecule has 0 radical (unpaired) electrons. The van der Waals surface area contributed by atoms with Gasteiger partial charge in [-0.25, -0.2) is 0 Å². The van der Waals surface area contributed by atoms with Gasteiger partial charge >= 0.3 is 5.97 Å². The predicted molar refractivity (Wildman–Crippen MR) is 81.8 cm³/mol. The average Bonchev–Trinajstić information content (AvgIpc) is 2.94. The number of piperidine rings is 1. The number of aliphatic carboxylic acids is 1. The molecular weight excluding hydrogens is 282 g/mol. The van der Waals surface area contributed by atoms with Gasteiger partial charge in [0.2, 0.25) is 0 Å². The molecule has 6 heteroatoms. The highest BCUT2D eigenvalue weighted by Crippen LogP contribution is 2.39. The molecular formula is C16H23N3O3. The van der Waals surface area contributed by atoms with Crippen LogP contribution < -0.4 is 10.1 Å². The molecule has 2 N–H and O–H groups in total. The largest absolute Gasteiger partial charge is 0.497 e. The van der Waals surface area contributed by atoms with Gasteiger partial charge in [-0.2, -0.15) is 0 Å². The summed E-state index contributed by atoms with van der Waals surface area (Å²) in [5, 5.41) is 12.3. The van der Waals surface area contributed by atoms with Gasteiger partial charge in [0.15, 0.2) is 0 Å². The molecule has 6 nitrogen and oxygen atoms in total. The lowest BCUT2D eigenvalue weighted by Gasteiger charge is -2.38. The van der Waals surface area contributed by atoms with Crippen LogP contribution >= 0.6 is 0 Å². The first kappa shape index (κ1) is 15.2. The summed E-state index contributed by atoms with van der Waals surface area (Å²) in [5.74, 6) is 0.114. The number of carbonyl (C=O) groups is 1. The lowest BCUT2D eigenvalue weighted by atomic mass is 9.76. The van der Waals surface area contributed by atoms with Gasteiger partial charge in [-0.15, -0.1) is 0 Å². The molecule has 0 bridgehead atoms. The number of likely N-dealkylation sites (tertiary alicyclic amines) is 1. The van der Waals surface area contributed by atoms with E-state index in [2.05, 4.69) is 15.2 Å². The number of rotatable bonds is 4. The smallest absolute Gasteiger partial charge is 0.320 e. The molecule has 1 atom stereocenters. The number of methoxy groups -OCH3 is 1. The van der Waals surface area contributed by atoms with Gasteiger partial charge in [-0.05, 0) is 43.8 Å². The van der Waals surface area contributed by atoms with E-state index in [1.54, 1.807) is 13.3 Å². The quantitative estimate of drug-likeness (QED) is 0.868. The SMILES string of the molecule is COc1ccnc(CN2CCC3(CC2)CNC(C(=O)O)C3)c1. The first-order chi connectivity index (χ1) is 10.6. The van der Waals surface area contributed by atoms with Crippen LogP contribution in [0, 0.1) is 5.41 Å². The van der Waals surface area contributed by atoms with Gasteiger partial charge < -0.3 is 15.2 Å². The summed E-state index contributed by atoms with van der Waals surface area (Å²) in [6.45, 7) is 3.64. The van der Waals surface area contributed by atoms with Crippen LogP contribution in [-0.2, 0) is 11.3 Å². The summed E-state index contributed by atoms with van der Waals surface area (Å²) in [5.41, 5.74) is 1.18. The third-order valence-electron chi connectivity index (χ3n) is 4.98. The molecule has 22 heavy (non-hydrogen) atoms. The summed E-state index contributed by atoms with van der Waals surface area (Å²) < 4.78 is 5.23. The molecule has 2 aliphatic heterocycles. The van der Waals surface area contributed by atoms with E-state index in [1.165, 1.54) is 0 Å². The Labute approximate surface area is 130 Å². The molecule has 1 aromatic rings. The van der Waals surface area contributed by atoms with E-state index in [4.69, 9.17) is 9.84 Å². The van der Waals surface area contributed by atoms with Crippen molar-refractivity contribution in [2.75, 3.05) is 26.7 Å². The summed E-state index contributed by atoms with van der Waals surface area (Å²) in [6, 6.07) is 3.46. The Morgan fingerprint density at radius 3 is 2.95 bits per heavy atom. The lowest BCUT2D eigenvalue weighted by Crippen LogP contribution is -2.40. The fourth-order valence-electron chi connectivity index (χ4n) is 3.56. The molecule has 0 aliphatic carbocycles. The highest BCUT2D eigenvalue weighted by Gasteiger charge is 2.43. The van der Waals surface area contributed by atoms with Crippen LogP contribution in [0.25, 0.3) is 0 Å². The molecule has 2 saturated heterocycles. The Hall–Kier alpha value is -1.66. The Morgan fingerprint density at radius 2 is 2.32 bits per heavy atom. The molecule has 1 aromatic heterocycles. The maximum atomic E-state index is 11.1. The molecule has 1 spiro atoms. The van der Waals surface area contributed by atoms with Crippen LogP contribution in [0.2, 0.25) is 0 Å². The number of pyridine rings is 1. The van der Waals surface area contributed by atoms with E-state index >= 15 is 0 Å². The summed E-state index contributed by atoms with van der Waals surface area (Å²) in [7, 11) is 1.66. The lowest BCUT2D eigenvalue weighted by molar-refractivity contribution is -0.139. The molecule has 0 amide bonds. The van der Waals surface area contributed by atoms with Crippen molar-refractivity contribution in [3.8, 4) is 5.75 Å². The minimum atomic E-state index is -0.722. The second kappa shape index (κ2) is 6.22. The minimum absolute atomic E-state index is 0.168. The van der Waals surface area contributed by atoms with Crippen molar-refractivity contribution in [2.45, 2.75) is 31.8 Å². The van der Waals surface area contributed by atoms with Crippen molar-refractivity contribution in [3.63, 3.8) is 0 Å². The molecule has 0 saturated carbocycles. The number of ether oxygens (including phenoxy) is 1. The van der Waals surface area contributed by atoms with Crippen LogP contribution in [0.4, 0.5) is 0 Å². The van der Waals surface area contributed by atoms with Crippen LogP contribution in [0.15, 0.2) is 18.3 Å². The van der Waals surface area contributed by atoms with E-state index in [0.717, 1.165) is 56.9 Å². The maximum absolute atomic E-state index is 11.1. The van der Waals surface area contributed by atoms with Crippen molar-refractivity contribution in [1.82, 2.24) is 15.2 Å². The highest BCUT2D eigenvalue weighted by molar-refractivity contribution is 5.74. The van der Waals surface area contributed by atoms with E-state index in [1.807, 2.05) is 12.1 Å². The second-order valence-corrected chi connectivity index (χ2v) is 6.44. The number of aromatic nitrogens is 1. The molecule has 0 aromatic carbocycles. The molecule has 3 rings (SSSR count). The molecule has 2 fully saturated rings. The summed E-state index contributed by atoms with van der Waals surface area (Å²) in [6.07, 6.45) is 4.63.